The number of carbonyl (C=O) groups is 1. The summed E-state index contributed by atoms with van der Waals surface area (Å²) in [5, 5.41) is 17.8. The second-order valence-corrected chi connectivity index (χ2v) is 2.88. The summed E-state index contributed by atoms with van der Waals surface area (Å²) in [5.74, 6) is -0.640. The number of halogens is 1. The predicted molar refractivity (Wildman–Crippen MR) is 49.8 cm³/mol. The van der Waals surface area contributed by atoms with E-state index in [1.54, 1.807) is 0 Å². The van der Waals surface area contributed by atoms with E-state index in [1.165, 1.54) is 18.2 Å². The molecule has 68 valence electrons. The van der Waals surface area contributed by atoms with E-state index in [2.05, 4.69) is 0 Å². The van der Waals surface area contributed by atoms with Gasteiger partial charge in [0.05, 0.1) is 0 Å². The second-order valence-electron chi connectivity index (χ2n) is 2.47. The summed E-state index contributed by atoms with van der Waals surface area (Å²) in [6, 6.07) is 4.04. The molecule has 1 aromatic rings. The lowest BCUT2D eigenvalue weighted by atomic mass is 9.79. The Kier molecular flexibility index (Phi) is 2.92. The summed E-state index contributed by atoms with van der Waals surface area (Å²) in [6.07, 6.45) is 0. The maximum atomic E-state index is 10.7. The Bertz CT molecular complexity index is 343. The Balaban J connectivity index is 3.19. The van der Waals surface area contributed by atoms with Crippen LogP contribution in [-0.4, -0.2) is 23.1 Å². The van der Waals surface area contributed by atoms with Crippen LogP contribution in [0.15, 0.2) is 18.2 Å². The SMILES string of the molecule is NC(=O)c1ccc(Cl)c(B(O)O)c1. The smallest absolute Gasteiger partial charge is 0.423 e. The van der Waals surface area contributed by atoms with Gasteiger partial charge in [-0.2, -0.15) is 0 Å². The van der Waals surface area contributed by atoms with E-state index < -0.39 is 13.0 Å². The van der Waals surface area contributed by atoms with Crippen molar-refractivity contribution in [1.29, 1.82) is 0 Å². The molecule has 13 heavy (non-hydrogen) atoms. The van der Waals surface area contributed by atoms with Crippen LogP contribution < -0.4 is 11.2 Å². The maximum absolute atomic E-state index is 10.7. The molecule has 0 bridgehead atoms. The molecule has 0 aliphatic carbocycles. The third-order valence-corrected chi connectivity index (χ3v) is 1.90. The van der Waals surface area contributed by atoms with Gasteiger partial charge in [-0.25, -0.2) is 0 Å². The van der Waals surface area contributed by atoms with E-state index in [-0.39, 0.29) is 16.0 Å². The van der Waals surface area contributed by atoms with Gasteiger partial charge in [0.25, 0.3) is 0 Å². The fourth-order valence-corrected chi connectivity index (χ4v) is 1.11. The molecule has 4 nitrogen and oxygen atoms in total. The number of hydrogen-bond acceptors (Lipinski definition) is 3. The Morgan fingerprint density at radius 3 is 2.54 bits per heavy atom. The van der Waals surface area contributed by atoms with Crippen LogP contribution in [0.25, 0.3) is 0 Å². The molecule has 1 rings (SSSR count). The molecular formula is C7H7BClNO3. The quantitative estimate of drug-likeness (QED) is 0.541. The summed E-state index contributed by atoms with van der Waals surface area (Å²) >= 11 is 5.62. The van der Waals surface area contributed by atoms with Gasteiger partial charge in [0, 0.05) is 16.0 Å². The minimum Gasteiger partial charge on any atom is -0.423 e. The van der Waals surface area contributed by atoms with Gasteiger partial charge in [0.15, 0.2) is 0 Å². The van der Waals surface area contributed by atoms with Gasteiger partial charge in [0.2, 0.25) is 5.91 Å². The molecule has 0 atom stereocenters. The molecule has 0 spiro atoms. The average molecular weight is 199 g/mol. The average Bonchev–Trinajstić information content (AvgIpc) is 2.04. The highest BCUT2D eigenvalue weighted by Gasteiger charge is 2.16. The molecule has 1 aromatic carbocycles. The normalized spacial score (nSPS) is 9.77. The number of hydrogen-bond donors (Lipinski definition) is 3. The van der Waals surface area contributed by atoms with Crippen molar-refractivity contribution >= 4 is 30.1 Å². The largest absolute Gasteiger partial charge is 0.489 e. The molecule has 0 aromatic heterocycles. The summed E-state index contributed by atoms with van der Waals surface area (Å²) in [4.78, 5) is 10.7. The lowest BCUT2D eigenvalue weighted by Crippen LogP contribution is -2.32. The van der Waals surface area contributed by atoms with Gasteiger partial charge >= 0.3 is 7.12 Å². The van der Waals surface area contributed by atoms with E-state index in [1.807, 2.05) is 0 Å². The van der Waals surface area contributed by atoms with Gasteiger partial charge in [-0.05, 0) is 18.2 Å². The standard InChI is InChI=1S/C7H7BClNO3/c9-6-2-1-4(7(10)11)3-5(6)8(12)13/h1-3,12-13H,(H2,10,11). The van der Waals surface area contributed by atoms with Crippen LogP contribution in [0.1, 0.15) is 10.4 Å². The molecule has 0 heterocycles. The van der Waals surface area contributed by atoms with Crippen LogP contribution in [-0.2, 0) is 0 Å². The first-order valence-electron chi connectivity index (χ1n) is 3.47. The first kappa shape index (κ1) is 10.0. The van der Waals surface area contributed by atoms with Crippen LogP contribution in [0.2, 0.25) is 5.02 Å². The van der Waals surface area contributed by atoms with Crippen molar-refractivity contribution in [3.05, 3.63) is 28.8 Å². The van der Waals surface area contributed by atoms with Crippen LogP contribution >= 0.6 is 11.6 Å². The molecule has 1 amide bonds. The van der Waals surface area contributed by atoms with E-state index >= 15 is 0 Å². The summed E-state index contributed by atoms with van der Waals surface area (Å²) < 4.78 is 0. The fraction of sp³-hybridized carbons (Fsp3) is 0. The lowest BCUT2D eigenvalue weighted by Gasteiger charge is -2.03. The van der Waals surface area contributed by atoms with Gasteiger partial charge in [-0.1, -0.05) is 11.6 Å². The van der Waals surface area contributed by atoms with Gasteiger partial charge in [-0.3, -0.25) is 4.79 Å². The number of amides is 1. The topological polar surface area (TPSA) is 83.6 Å². The van der Waals surface area contributed by atoms with Crippen molar-refractivity contribution in [1.82, 2.24) is 0 Å². The number of rotatable bonds is 2. The molecule has 0 saturated heterocycles. The number of benzene rings is 1. The summed E-state index contributed by atoms with van der Waals surface area (Å²) in [7, 11) is -1.70. The fourth-order valence-electron chi connectivity index (χ4n) is 0.895. The van der Waals surface area contributed by atoms with E-state index in [9.17, 15) is 4.79 Å². The van der Waals surface area contributed by atoms with Crippen molar-refractivity contribution in [3.8, 4) is 0 Å². The predicted octanol–water partition coefficient (Wildman–Crippen LogP) is -0.881. The highest BCUT2D eigenvalue weighted by atomic mass is 35.5. The van der Waals surface area contributed by atoms with Crippen LogP contribution in [0.3, 0.4) is 0 Å². The molecule has 6 heteroatoms. The minimum atomic E-state index is -1.70. The molecule has 0 aliphatic rings. The zero-order valence-electron chi connectivity index (χ0n) is 6.57. The van der Waals surface area contributed by atoms with E-state index in [0.717, 1.165) is 0 Å². The van der Waals surface area contributed by atoms with Gasteiger partial charge in [-0.15, -0.1) is 0 Å². The zero-order valence-corrected chi connectivity index (χ0v) is 7.32. The molecule has 0 aliphatic heterocycles. The van der Waals surface area contributed by atoms with Crippen LogP contribution in [0.5, 0.6) is 0 Å². The monoisotopic (exact) mass is 199 g/mol. The number of primary amides is 1. The first-order valence-corrected chi connectivity index (χ1v) is 3.85. The third-order valence-electron chi connectivity index (χ3n) is 1.56. The van der Waals surface area contributed by atoms with Crippen molar-refractivity contribution in [3.63, 3.8) is 0 Å². The van der Waals surface area contributed by atoms with Gasteiger partial charge < -0.3 is 15.8 Å². The number of carbonyl (C=O) groups excluding carboxylic acids is 1. The number of nitrogens with two attached hydrogens (primary N) is 1. The zero-order chi connectivity index (χ0) is 10.0. The molecular weight excluding hydrogens is 192 g/mol. The van der Waals surface area contributed by atoms with Crippen LogP contribution in [0, 0.1) is 0 Å². The molecule has 0 fully saturated rings. The third kappa shape index (κ3) is 2.21. The van der Waals surface area contributed by atoms with Crippen LogP contribution in [0.4, 0.5) is 0 Å². The Labute approximate surface area is 80.1 Å². The van der Waals surface area contributed by atoms with Crippen molar-refractivity contribution < 1.29 is 14.8 Å². The molecule has 0 unspecified atom stereocenters. The molecule has 0 radical (unpaired) electrons. The lowest BCUT2D eigenvalue weighted by molar-refractivity contribution is 0.100. The Hall–Kier alpha value is -1.04. The van der Waals surface area contributed by atoms with Crippen molar-refractivity contribution in [2.45, 2.75) is 0 Å². The highest BCUT2D eigenvalue weighted by molar-refractivity contribution is 6.62. The van der Waals surface area contributed by atoms with E-state index in [4.69, 9.17) is 27.4 Å². The van der Waals surface area contributed by atoms with Crippen molar-refractivity contribution in [2.24, 2.45) is 5.73 Å². The summed E-state index contributed by atoms with van der Waals surface area (Å²) in [5.41, 5.74) is 5.24. The maximum Gasteiger partial charge on any atom is 0.489 e. The summed E-state index contributed by atoms with van der Waals surface area (Å²) in [6.45, 7) is 0. The Morgan fingerprint density at radius 1 is 1.46 bits per heavy atom. The highest BCUT2D eigenvalue weighted by Crippen LogP contribution is 2.07. The second kappa shape index (κ2) is 3.78. The molecule has 0 saturated carbocycles. The Morgan fingerprint density at radius 2 is 2.08 bits per heavy atom. The first-order chi connectivity index (χ1) is 6.02. The minimum absolute atomic E-state index is 0.0676. The van der Waals surface area contributed by atoms with E-state index in [0.29, 0.717) is 0 Å². The van der Waals surface area contributed by atoms with Gasteiger partial charge in [0.1, 0.15) is 0 Å². The van der Waals surface area contributed by atoms with Crippen molar-refractivity contribution in [2.75, 3.05) is 0 Å². The molecule has 4 N–H and O–H groups in total.